The van der Waals surface area contributed by atoms with Crippen LogP contribution in [0.15, 0.2) is 35.0 Å². The summed E-state index contributed by atoms with van der Waals surface area (Å²) in [6.45, 7) is 2.01. The number of nitrogens with zero attached hydrogens (tertiary/aromatic N) is 2. The van der Waals surface area contributed by atoms with Crippen LogP contribution in [0, 0.1) is 6.92 Å². The molecule has 96 valence electrons. The maximum atomic E-state index is 10.9. The van der Waals surface area contributed by atoms with E-state index in [4.69, 9.17) is 9.63 Å². The molecule has 5 heteroatoms. The summed E-state index contributed by atoms with van der Waals surface area (Å²) in [5, 5.41) is 13.5. The summed E-state index contributed by atoms with van der Waals surface area (Å²) in [6.07, 6.45) is 1.92. The van der Waals surface area contributed by atoms with E-state index >= 15 is 0 Å². The van der Waals surface area contributed by atoms with Gasteiger partial charge in [-0.1, -0.05) is 17.3 Å². The lowest BCUT2D eigenvalue weighted by Crippen LogP contribution is -1.94. The van der Waals surface area contributed by atoms with Gasteiger partial charge >= 0.3 is 5.97 Å². The molecule has 0 spiro atoms. The first-order valence-corrected chi connectivity index (χ1v) is 5.83. The molecule has 0 aliphatic heterocycles. The minimum Gasteiger partial charge on any atom is -0.476 e. The molecule has 19 heavy (non-hydrogen) atoms. The van der Waals surface area contributed by atoms with Gasteiger partial charge in [-0.2, -0.15) is 0 Å². The van der Waals surface area contributed by atoms with Crippen LogP contribution in [-0.4, -0.2) is 20.8 Å². The van der Waals surface area contributed by atoms with Crippen molar-refractivity contribution in [3.05, 3.63) is 41.7 Å². The van der Waals surface area contributed by atoms with Gasteiger partial charge in [0.1, 0.15) is 0 Å². The third kappa shape index (κ3) is 1.71. The van der Waals surface area contributed by atoms with Crippen molar-refractivity contribution in [2.75, 3.05) is 0 Å². The van der Waals surface area contributed by atoms with E-state index in [9.17, 15) is 4.79 Å². The van der Waals surface area contributed by atoms with Gasteiger partial charge in [-0.3, -0.25) is 0 Å². The summed E-state index contributed by atoms with van der Waals surface area (Å²) in [6, 6.07) is 7.47. The maximum Gasteiger partial charge on any atom is 0.358 e. The van der Waals surface area contributed by atoms with E-state index in [0.717, 1.165) is 22.0 Å². The fourth-order valence-electron chi connectivity index (χ4n) is 2.31. The summed E-state index contributed by atoms with van der Waals surface area (Å²) in [5.41, 5.74) is 2.96. The molecule has 0 amide bonds. The molecule has 5 nitrogen and oxygen atoms in total. The van der Waals surface area contributed by atoms with Crippen molar-refractivity contribution in [2.45, 2.75) is 6.92 Å². The lowest BCUT2D eigenvalue weighted by atomic mass is 10.1. The fraction of sp³-hybridized carbons (Fsp3) is 0.143. The molecule has 0 saturated carbocycles. The first kappa shape index (κ1) is 11.5. The zero-order valence-electron chi connectivity index (χ0n) is 10.5. The van der Waals surface area contributed by atoms with E-state index in [0.29, 0.717) is 5.76 Å². The van der Waals surface area contributed by atoms with E-state index in [-0.39, 0.29) is 5.69 Å². The molecule has 0 atom stereocenters. The van der Waals surface area contributed by atoms with Crippen LogP contribution >= 0.6 is 0 Å². The summed E-state index contributed by atoms with van der Waals surface area (Å²) in [5.74, 6) is -0.621. The number of carbonyl (C=O) groups is 1. The molecule has 0 unspecified atom stereocenters. The highest BCUT2D eigenvalue weighted by molar-refractivity contribution is 5.98. The zero-order valence-corrected chi connectivity index (χ0v) is 10.5. The third-order valence-electron chi connectivity index (χ3n) is 3.22. The second kappa shape index (κ2) is 3.98. The number of benzene rings is 1. The van der Waals surface area contributed by atoms with Crippen molar-refractivity contribution in [3.8, 4) is 11.3 Å². The van der Waals surface area contributed by atoms with E-state index in [1.54, 1.807) is 0 Å². The lowest BCUT2D eigenvalue weighted by molar-refractivity contribution is 0.0686. The Morgan fingerprint density at radius 1 is 1.42 bits per heavy atom. The Labute approximate surface area is 109 Å². The molecule has 1 N–H and O–H groups in total. The van der Waals surface area contributed by atoms with Crippen molar-refractivity contribution in [2.24, 2.45) is 7.05 Å². The normalized spacial score (nSPS) is 11.1. The largest absolute Gasteiger partial charge is 0.476 e. The monoisotopic (exact) mass is 256 g/mol. The van der Waals surface area contributed by atoms with Crippen LogP contribution in [0.5, 0.6) is 0 Å². The Hall–Kier alpha value is -2.56. The van der Waals surface area contributed by atoms with Crippen LogP contribution in [-0.2, 0) is 7.05 Å². The number of aromatic carboxylic acids is 1. The molecular weight excluding hydrogens is 244 g/mol. The molecule has 3 rings (SSSR count). The van der Waals surface area contributed by atoms with Gasteiger partial charge in [0, 0.05) is 35.8 Å². The molecular formula is C14H12N2O3. The predicted octanol–water partition coefficient (Wildman–Crippen LogP) is 2.84. The second-order valence-electron chi connectivity index (χ2n) is 4.50. The van der Waals surface area contributed by atoms with Crippen LogP contribution in [0.25, 0.3) is 22.2 Å². The number of fused-ring (bicyclic) bond motifs is 1. The standard InChI is InChI=1S/C14H12N2O3/c1-8-4-3-5-11-13(8)9(7-16(11)2)12-6-10(14(17)18)15-19-12/h3-7H,1-2H3,(H,17,18). The van der Waals surface area contributed by atoms with Gasteiger partial charge in [0.15, 0.2) is 11.5 Å². The Bertz CT molecular complexity index is 783. The molecule has 0 aliphatic carbocycles. The van der Waals surface area contributed by atoms with Crippen molar-refractivity contribution in [1.82, 2.24) is 9.72 Å². The Morgan fingerprint density at radius 3 is 2.89 bits per heavy atom. The average molecular weight is 256 g/mol. The average Bonchev–Trinajstić information content (AvgIpc) is 2.95. The van der Waals surface area contributed by atoms with Crippen LogP contribution in [0.1, 0.15) is 16.1 Å². The van der Waals surface area contributed by atoms with Crippen molar-refractivity contribution < 1.29 is 14.4 Å². The summed E-state index contributed by atoms with van der Waals surface area (Å²) in [4.78, 5) is 10.9. The molecule has 1 aromatic carbocycles. The molecule has 0 aliphatic rings. The Kier molecular flexibility index (Phi) is 2.41. The number of carboxylic acids is 1. The van der Waals surface area contributed by atoms with Crippen LogP contribution < -0.4 is 0 Å². The van der Waals surface area contributed by atoms with E-state index in [1.807, 2.05) is 42.9 Å². The van der Waals surface area contributed by atoms with Gasteiger partial charge in [0.25, 0.3) is 0 Å². The van der Waals surface area contributed by atoms with Gasteiger partial charge < -0.3 is 14.2 Å². The van der Waals surface area contributed by atoms with E-state index in [2.05, 4.69) is 5.16 Å². The van der Waals surface area contributed by atoms with E-state index in [1.165, 1.54) is 6.07 Å². The van der Waals surface area contributed by atoms with Crippen molar-refractivity contribution in [1.29, 1.82) is 0 Å². The number of aromatic nitrogens is 2. The summed E-state index contributed by atoms with van der Waals surface area (Å²) >= 11 is 0. The predicted molar refractivity (Wildman–Crippen MR) is 70.1 cm³/mol. The smallest absolute Gasteiger partial charge is 0.358 e. The van der Waals surface area contributed by atoms with Gasteiger partial charge in [-0.15, -0.1) is 0 Å². The molecule has 0 radical (unpaired) electrons. The lowest BCUT2D eigenvalue weighted by Gasteiger charge is -1.99. The number of aryl methyl sites for hydroxylation is 2. The zero-order chi connectivity index (χ0) is 13.6. The topological polar surface area (TPSA) is 68.3 Å². The Morgan fingerprint density at radius 2 is 2.21 bits per heavy atom. The number of hydrogen-bond acceptors (Lipinski definition) is 3. The van der Waals surface area contributed by atoms with Crippen molar-refractivity contribution >= 4 is 16.9 Å². The molecule has 2 heterocycles. The van der Waals surface area contributed by atoms with Gasteiger partial charge in [-0.05, 0) is 18.6 Å². The maximum absolute atomic E-state index is 10.9. The Balaban J connectivity index is 2.27. The number of hydrogen-bond donors (Lipinski definition) is 1. The highest BCUT2D eigenvalue weighted by Gasteiger charge is 2.17. The van der Waals surface area contributed by atoms with E-state index < -0.39 is 5.97 Å². The number of rotatable bonds is 2. The first-order valence-electron chi connectivity index (χ1n) is 5.83. The molecule has 3 aromatic rings. The molecule has 0 saturated heterocycles. The highest BCUT2D eigenvalue weighted by Crippen LogP contribution is 2.32. The number of carboxylic acid groups (broad SMARTS) is 1. The van der Waals surface area contributed by atoms with Gasteiger partial charge in [-0.25, -0.2) is 4.79 Å². The quantitative estimate of drug-likeness (QED) is 0.765. The van der Waals surface area contributed by atoms with Crippen molar-refractivity contribution in [3.63, 3.8) is 0 Å². The third-order valence-corrected chi connectivity index (χ3v) is 3.22. The molecule has 0 fully saturated rings. The first-order chi connectivity index (χ1) is 9.08. The van der Waals surface area contributed by atoms with Gasteiger partial charge in [0.2, 0.25) is 0 Å². The van der Waals surface area contributed by atoms with Crippen LogP contribution in [0.2, 0.25) is 0 Å². The van der Waals surface area contributed by atoms with Crippen LogP contribution in [0.3, 0.4) is 0 Å². The second-order valence-corrected chi connectivity index (χ2v) is 4.50. The summed E-state index contributed by atoms with van der Waals surface area (Å²) in [7, 11) is 1.94. The fourth-order valence-corrected chi connectivity index (χ4v) is 2.31. The molecule has 2 aromatic heterocycles. The molecule has 0 bridgehead atoms. The summed E-state index contributed by atoms with van der Waals surface area (Å²) < 4.78 is 7.13. The van der Waals surface area contributed by atoms with Crippen LogP contribution in [0.4, 0.5) is 0 Å². The minimum absolute atomic E-state index is 0.0828. The SMILES string of the molecule is Cc1cccc2c1c(-c1cc(C(=O)O)no1)cn2C. The van der Waals surface area contributed by atoms with Gasteiger partial charge in [0.05, 0.1) is 0 Å². The highest BCUT2D eigenvalue weighted by atomic mass is 16.5. The minimum atomic E-state index is -1.09.